The van der Waals surface area contributed by atoms with Gasteiger partial charge in [0.05, 0.1) is 18.7 Å². The Kier molecular flexibility index (Phi) is 3.51. The van der Waals surface area contributed by atoms with Gasteiger partial charge in [-0.1, -0.05) is 12.1 Å². The van der Waals surface area contributed by atoms with Gasteiger partial charge in [-0.15, -0.1) is 0 Å². The Labute approximate surface area is 133 Å². The first-order chi connectivity index (χ1) is 11.3. The van der Waals surface area contributed by atoms with Gasteiger partial charge in [0, 0.05) is 24.8 Å². The molecule has 1 aliphatic heterocycles. The molecule has 0 saturated carbocycles. The number of hydrogen-bond acceptors (Lipinski definition) is 6. The largest absolute Gasteiger partial charge is 0.508 e. The van der Waals surface area contributed by atoms with Crippen molar-refractivity contribution in [3.63, 3.8) is 0 Å². The van der Waals surface area contributed by atoms with Crippen LogP contribution in [0.3, 0.4) is 0 Å². The number of phenolic OH excluding ortho intramolecular Hbond substituents is 1. The van der Waals surface area contributed by atoms with Gasteiger partial charge in [0.2, 0.25) is 5.95 Å². The van der Waals surface area contributed by atoms with Crippen LogP contribution < -0.4 is 4.90 Å². The Hall–Kier alpha value is -2.73. The Bertz CT molecular complexity index is 847. The second-order valence-electron chi connectivity index (χ2n) is 5.39. The minimum absolute atomic E-state index is 0.207. The average molecular weight is 308 g/mol. The van der Waals surface area contributed by atoms with E-state index in [4.69, 9.17) is 9.72 Å². The van der Waals surface area contributed by atoms with Crippen molar-refractivity contribution in [3.8, 4) is 17.0 Å². The molecule has 1 aromatic carbocycles. The van der Waals surface area contributed by atoms with Gasteiger partial charge in [-0.25, -0.2) is 9.97 Å². The summed E-state index contributed by atoms with van der Waals surface area (Å²) in [6.07, 6.45) is 1.73. The summed E-state index contributed by atoms with van der Waals surface area (Å²) in [5.74, 6) is 0.880. The number of benzene rings is 1. The van der Waals surface area contributed by atoms with E-state index in [0.29, 0.717) is 19.2 Å². The van der Waals surface area contributed by atoms with Gasteiger partial charge in [0.25, 0.3) is 0 Å². The predicted octanol–water partition coefficient (Wildman–Crippen LogP) is 2.23. The predicted molar refractivity (Wildman–Crippen MR) is 87.5 cm³/mol. The van der Waals surface area contributed by atoms with Crippen molar-refractivity contribution >= 4 is 17.0 Å². The zero-order chi connectivity index (χ0) is 15.6. The van der Waals surface area contributed by atoms with Crippen molar-refractivity contribution in [2.45, 2.75) is 0 Å². The third-order valence-electron chi connectivity index (χ3n) is 3.86. The van der Waals surface area contributed by atoms with Crippen LogP contribution >= 0.6 is 0 Å². The molecule has 6 heteroatoms. The number of anilines is 1. The van der Waals surface area contributed by atoms with Gasteiger partial charge in [-0.05, 0) is 24.3 Å². The maximum absolute atomic E-state index is 9.77. The highest BCUT2D eigenvalue weighted by molar-refractivity contribution is 5.90. The Morgan fingerprint density at radius 3 is 2.74 bits per heavy atom. The van der Waals surface area contributed by atoms with E-state index in [1.807, 2.05) is 18.2 Å². The lowest BCUT2D eigenvalue weighted by molar-refractivity contribution is 0.122. The fourth-order valence-electron chi connectivity index (χ4n) is 2.71. The van der Waals surface area contributed by atoms with Crippen LogP contribution in [0.15, 0.2) is 42.6 Å². The molecule has 2 aromatic heterocycles. The number of ether oxygens (including phenoxy) is 1. The maximum atomic E-state index is 9.77. The first-order valence-corrected chi connectivity index (χ1v) is 7.56. The molecule has 1 fully saturated rings. The molecule has 1 saturated heterocycles. The fraction of sp³-hybridized carbons (Fsp3) is 0.235. The summed E-state index contributed by atoms with van der Waals surface area (Å²) < 4.78 is 5.40. The molecule has 3 aromatic rings. The maximum Gasteiger partial charge on any atom is 0.226 e. The van der Waals surface area contributed by atoms with E-state index in [-0.39, 0.29) is 5.75 Å². The molecule has 0 atom stereocenters. The minimum atomic E-state index is 0.207. The standard InChI is InChI=1S/C17H16N4O2/c22-13-4-1-3-12(11-13)15-16-14(5-2-6-18-16)19-17(20-15)21-7-9-23-10-8-21/h1-6,11,22H,7-10H2. The molecule has 23 heavy (non-hydrogen) atoms. The van der Waals surface area contributed by atoms with Crippen LogP contribution in [0, 0.1) is 0 Å². The molecule has 0 spiro atoms. The summed E-state index contributed by atoms with van der Waals surface area (Å²) in [7, 11) is 0. The number of fused-ring (bicyclic) bond motifs is 1. The van der Waals surface area contributed by atoms with E-state index in [1.54, 1.807) is 24.4 Å². The monoisotopic (exact) mass is 308 g/mol. The summed E-state index contributed by atoms with van der Waals surface area (Å²) in [6.45, 7) is 2.89. The molecule has 0 amide bonds. The van der Waals surface area contributed by atoms with Crippen molar-refractivity contribution < 1.29 is 9.84 Å². The lowest BCUT2D eigenvalue weighted by Crippen LogP contribution is -2.37. The molecule has 1 aliphatic rings. The Morgan fingerprint density at radius 2 is 1.91 bits per heavy atom. The number of morpholine rings is 1. The lowest BCUT2D eigenvalue weighted by Gasteiger charge is -2.27. The highest BCUT2D eigenvalue weighted by Crippen LogP contribution is 2.28. The molecule has 6 nitrogen and oxygen atoms in total. The Morgan fingerprint density at radius 1 is 1.04 bits per heavy atom. The van der Waals surface area contributed by atoms with Crippen LogP contribution in [0.5, 0.6) is 5.75 Å². The first-order valence-electron chi connectivity index (χ1n) is 7.56. The molecule has 0 aliphatic carbocycles. The molecule has 116 valence electrons. The van der Waals surface area contributed by atoms with Crippen LogP contribution in [-0.2, 0) is 4.74 Å². The number of aromatic nitrogens is 3. The van der Waals surface area contributed by atoms with E-state index < -0.39 is 0 Å². The molecule has 3 heterocycles. The molecule has 0 radical (unpaired) electrons. The van der Waals surface area contributed by atoms with Crippen LogP contribution in [0.2, 0.25) is 0 Å². The number of hydrogen-bond donors (Lipinski definition) is 1. The third-order valence-corrected chi connectivity index (χ3v) is 3.86. The molecule has 0 unspecified atom stereocenters. The van der Waals surface area contributed by atoms with Gasteiger partial charge < -0.3 is 14.7 Å². The Balaban J connectivity index is 1.90. The SMILES string of the molecule is Oc1cccc(-c2nc(N3CCOCC3)nc3cccnc23)c1. The number of phenols is 1. The average Bonchev–Trinajstić information content (AvgIpc) is 2.61. The highest BCUT2D eigenvalue weighted by Gasteiger charge is 2.17. The lowest BCUT2D eigenvalue weighted by atomic mass is 10.1. The summed E-state index contributed by atoms with van der Waals surface area (Å²) >= 11 is 0. The zero-order valence-corrected chi connectivity index (χ0v) is 12.5. The van der Waals surface area contributed by atoms with E-state index in [9.17, 15) is 5.11 Å². The van der Waals surface area contributed by atoms with Gasteiger partial charge in [0.15, 0.2) is 0 Å². The zero-order valence-electron chi connectivity index (χ0n) is 12.5. The molecule has 4 rings (SSSR count). The number of pyridine rings is 1. The van der Waals surface area contributed by atoms with E-state index in [2.05, 4.69) is 14.9 Å². The molecular weight excluding hydrogens is 292 g/mol. The number of rotatable bonds is 2. The molecular formula is C17H16N4O2. The topological polar surface area (TPSA) is 71.4 Å². The van der Waals surface area contributed by atoms with Crippen molar-refractivity contribution in [1.29, 1.82) is 0 Å². The van der Waals surface area contributed by atoms with Crippen LogP contribution in [0.25, 0.3) is 22.3 Å². The highest BCUT2D eigenvalue weighted by atomic mass is 16.5. The summed E-state index contributed by atoms with van der Waals surface area (Å²) in [4.78, 5) is 15.9. The van der Waals surface area contributed by atoms with Crippen molar-refractivity contribution in [3.05, 3.63) is 42.6 Å². The summed E-state index contributed by atoms with van der Waals surface area (Å²) in [5.41, 5.74) is 3.08. The van der Waals surface area contributed by atoms with Crippen LogP contribution in [0.1, 0.15) is 0 Å². The van der Waals surface area contributed by atoms with Crippen molar-refractivity contribution in [2.75, 3.05) is 31.2 Å². The van der Waals surface area contributed by atoms with Gasteiger partial charge >= 0.3 is 0 Å². The summed E-state index contributed by atoms with van der Waals surface area (Å²) in [5, 5.41) is 9.77. The molecule has 1 N–H and O–H groups in total. The fourth-order valence-corrected chi connectivity index (χ4v) is 2.71. The van der Waals surface area contributed by atoms with Gasteiger partial charge in [0.1, 0.15) is 17.0 Å². The summed E-state index contributed by atoms with van der Waals surface area (Å²) in [6, 6.07) is 10.9. The van der Waals surface area contributed by atoms with Crippen molar-refractivity contribution in [1.82, 2.24) is 15.0 Å². The van der Waals surface area contributed by atoms with Gasteiger partial charge in [-0.2, -0.15) is 0 Å². The number of aromatic hydroxyl groups is 1. The third kappa shape index (κ3) is 2.68. The minimum Gasteiger partial charge on any atom is -0.508 e. The van der Waals surface area contributed by atoms with Crippen LogP contribution in [-0.4, -0.2) is 46.4 Å². The molecule has 0 bridgehead atoms. The second kappa shape index (κ2) is 5.81. The number of nitrogens with zero attached hydrogens (tertiary/aromatic N) is 4. The second-order valence-corrected chi connectivity index (χ2v) is 5.39. The van der Waals surface area contributed by atoms with Crippen molar-refractivity contribution in [2.24, 2.45) is 0 Å². The van der Waals surface area contributed by atoms with E-state index >= 15 is 0 Å². The smallest absolute Gasteiger partial charge is 0.226 e. The van der Waals surface area contributed by atoms with Gasteiger partial charge in [-0.3, -0.25) is 4.98 Å². The van der Waals surface area contributed by atoms with E-state index in [0.717, 1.165) is 35.4 Å². The van der Waals surface area contributed by atoms with E-state index in [1.165, 1.54) is 0 Å². The van der Waals surface area contributed by atoms with Crippen LogP contribution in [0.4, 0.5) is 5.95 Å². The first kappa shape index (κ1) is 13.9. The normalized spacial score (nSPS) is 15.0. The quantitative estimate of drug-likeness (QED) is 0.783.